The lowest BCUT2D eigenvalue weighted by molar-refractivity contribution is -0.118. The average molecular weight is 268 g/mol. The van der Waals surface area contributed by atoms with E-state index in [9.17, 15) is 19.2 Å². The van der Waals surface area contributed by atoms with E-state index >= 15 is 0 Å². The van der Waals surface area contributed by atoms with Gasteiger partial charge in [0.25, 0.3) is 11.5 Å². The van der Waals surface area contributed by atoms with Crippen molar-refractivity contribution in [1.82, 2.24) is 20.2 Å². The molecule has 0 bridgehead atoms. The van der Waals surface area contributed by atoms with Crippen LogP contribution in [0.15, 0.2) is 15.7 Å². The number of carbonyl (C=O) groups excluding carboxylic acids is 2. The van der Waals surface area contributed by atoms with Crippen molar-refractivity contribution < 1.29 is 9.59 Å². The molecule has 8 nitrogen and oxygen atoms in total. The molecule has 0 radical (unpaired) electrons. The van der Waals surface area contributed by atoms with Crippen molar-refractivity contribution in [2.24, 2.45) is 7.05 Å². The molecule has 104 valence electrons. The SMILES string of the molecule is CC(=O)NCCCNC(=O)c1cc(=O)n(C)c(=O)[nH]1. The number of amides is 2. The van der Waals surface area contributed by atoms with E-state index in [-0.39, 0.29) is 11.6 Å². The van der Waals surface area contributed by atoms with Gasteiger partial charge in [-0.1, -0.05) is 0 Å². The summed E-state index contributed by atoms with van der Waals surface area (Å²) in [6.45, 7) is 2.18. The van der Waals surface area contributed by atoms with Crippen LogP contribution in [0.3, 0.4) is 0 Å². The van der Waals surface area contributed by atoms with Crippen molar-refractivity contribution in [3.8, 4) is 0 Å². The molecule has 0 spiro atoms. The molecule has 1 aromatic heterocycles. The molecular weight excluding hydrogens is 252 g/mol. The van der Waals surface area contributed by atoms with Gasteiger partial charge in [0.15, 0.2) is 0 Å². The zero-order valence-electron chi connectivity index (χ0n) is 10.8. The van der Waals surface area contributed by atoms with Crippen molar-refractivity contribution in [2.45, 2.75) is 13.3 Å². The molecule has 1 rings (SSSR count). The summed E-state index contributed by atoms with van der Waals surface area (Å²) in [7, 11) is 1.32. The lowest BCUT2D eigenvalue weighted by Crippen LogP contribution is -2.37. The standard InChI is InChI=1S/C11H16N4O4/c1-7(16)12-4-3-5-13-10(18)8-6-9(17)15(2)11(19)14-8/h6H,3-5H2,1-2H3,(H,12,16)(H,13,18)(H,14,19). The number of nitrogens with one attached hydrogen (secondary N) is 3. The molecule has 3 N–H and O–H groups in total. The van der Waals surface area contributed by atoms with Gasteiger partial charge in [-0.15, -0.1) is 0 Å². The van der Waals surface area contributed by atoms with Crippen molar-refractivity contribution in [1.29, 1.82) is 0 Å². The molecule has 8 heteroatoms. The molecule has 0 saturated heterocycles. The highest BCUT2D eigenvalue weighted by molar-refractivity contribution is 5.91. The topological polar surface area (TPSA) is 113 Å². The van der Waals surface area contributed by atoms with Crippen LogP contribution >= 0.6 is 0 Å². The third-order valence-corrected chi connectivity index (χ3v) is 2.40. The number of nitrogens with zero attached hydrogens (tertiary/aromatic N) is 1. The zero-order chi connectivity index (χ0) is 14.4. The minimum Gasteiger partial charge on any atom is -0.356 e. The van der Waals surface area contributed by atoms with Gasteiger partial charge in [0, 0.05) is 33.1 Å². The van der Waals surface area contributed by atoms with E-state index in [1.165, 1.54) is 14.0 Å². The maximum Gasteiger partial charge on any atom is 0.328 e. The predicted molar refractivity (Wildman–Crippen MR) is 67.9 cm³/mol. The lowest BCUT2D eigenvalue weighted by Gasteiger charge is -2.05. The normalized spacial score (nSPS) is 10.0. The Balaban J connectivity index is 2.53. The molecule has 0 atom stereocenters. The van der Waals surface area contributed by atoms with Gasteiger partial charge in [-0.25, -0.2) is 4.79 Å². The number of hydrogen-bond acceptors (Lipinski definition) is 4. The van der Waals surface area contributed by atoms with E-state index in [0.717, 1.165) is 10.6 Å². The fourth-order valence-electron chi connectivity index (χ4n) is 1.33. The van der Waals surface area contributed by atoms with E-state index in [1.807, 2.05) is 0 Å². The van der Waals surface area contributed by atoms with Gasteiger partial charge in [-0.2, -0.15) is 0 Å². The van der Waals surface area contributed by atoms with E-state index in [2.05, 4.69) is 15.6 Å². The summed E-state index contributed by atoms with van der Waals surface area (Å²) >= 11 is 0. The highest BCUT2D eigenvalue weighted by Gasteiger charge is 2.08. The fraction of sp³-hybridized carbons (Fsp3) is 0.455. The molecule has 1 heterocycles. The minimum absolute atomic E-state index is 0.0763. The highest BCUT2D eigenvalue weighted by atomic mass is 16.2. The summed E-state index contributed by atoms with van der Waals surface area (Å²) in [4.78, 5) is 47.2. The van der Waals surface area contributed by atoms with Gasteiger partial charge < -0.3 is 15.6 Å². The summed E-state index contributed by atoms with van der Waals surface area (Å²) in [5.41, 5.74) is -1.27. The second-order valence-electron chi connectivity index (χ2n) is 3.98. The Morgan fingerprint density at radius 2 is 1.89 bits per heavy atom. The van der Waals surface area contributed by atoms with Crippen LogP contribution in [0, 0.1) is 0 Å². The van der Waals surface area contributed by atoms with Crippen LogP contribution in [-0.4, -0.2) is 34.5 Å². The zero-order valence-corrected chi connectivity index (χ0v) is 10.8. The van der Waals surface area contributed by atoms with Crippen molar-refractivity contribution >= 4 is 11.8 Å². The first-order valence-corrected chi connectivity index (χ1v) is 5.75. The minimum atomic E-state index is -0.643. The summed E-state index contributed by atoms with van der Waals surface area (Å²) in [5, 5.41) is 5.12. The molecule has 0 aromatic carbocycles. The van der Waals surface area contributed by atoms with Gasteiger partial charge in [-0.05, 0) is 6.42 Å². The van der Waals surface area contributed by atoms with Gasteiger partial charge in [-0.3, -0.25) is 19.0 Å². The third-order valence-electron chi connectivity index (χ3n) is 2.40. The second kappa shape index (κ2) is 6.53. The molecule has 0 saturated carbocycles. The molecule has 0 aliphatic rings. The smallest absolute Gasteiger partial charge is 0.328 e. The Morgan fingerprint density at radius 3 is 2.47 bits per heavy atom. The number of carbonyl (C=O) groups is 2. The molecule has 0 aliphatic carbocycles. The van der Waals surface area contributed by atoms with Crippen LogP contribution in [0.1, 0.15) is 23.8 Å². The number of aromatic amines is 1. The summed E-state index contributed by atoms with van der Waals surface area (Å²) in [5.74, 6) is -0.667. The summed E-state index contributed by atoms with van der Waals surface area (Å²) < 4.78 is 0.869. The molecule has 2 amide bonds. The van der Waals surface area contributed by atoms with Crippen molar-refractivity contribution in [3.63, 3.8) is 0 Å². The van der Waals surface area contributed by atoms with Crippen LogP contribution in [-0.2, 0) is 11.8 Å². The summed E-state index contributed by atoms with van der Waals surface area (Å²) in [6, 6.07) is 1.06. The Hall–Kier alpha value is -2.38. The monoisotopic (exact) mass is 268 g/mol. The first-order chi connectivity index (χ1) is 8.91. The first kappa shape index (κ1) is 14.7. The van der Waals surface area contributed by atoms with Crippen LogP contribution < -0.4 is 21.9 Å². The fourth-order valence-corrected chi connectivity index (χ4v) is 1.33. The van der Waals surface area contributed by atoms with E-state index in [1.54, 1.807) is 0 Å². The molecule has 1 aromatic rings. The molecule has 0 fully saturated rings. The van der Waals surface area contributed by atoms with E-state index < -0.39 is 17.2 Å². The predicted octanol–water partition coefficient (Wildman–Crippen LogP) is -1.67. The molecule has 19 heavy (non-hydrogen) atoms. The second-order valence-corrected chi connectivity index (χ2v) is 3.98. The number of H-pyrrole nitrogens is 1. The highest BCUT2D eigenvalue weighted by Crippen LogP contribution is 1.86. The largest absolute Gasteiger partial charge is 0.356 e. The van der Waals surface area contributed by atoms with Crippen LogP contribution in [0.5, 0.6) is 0 Å². The lowest BCUT2D eigenvalue weighted by atomic mass is 10.3. The van der Waals surface area contributed by atoms with Crippen LogP contribution in [0.2, 0.25) is 0 Å². The maximum absolute atomic E-state index is 11.6. The number of aromatic nitrogens is 2. The quantitative estimate of drug-likeness (QED) is 0.554. The van der Waals surface area contributed by atoms with Crippen molar-refractivity contribution in [2.75, 3.05) is 13.1 Å². The van der Waals surface area contributed by atoms with E-state index in [4.69, 9.17) is 0 Å². The van der Waals surface area contributed by atoms with Gasteiger partial charge in [0.1, 0.15) is 5.69 Å². The Kier molecular flexibility index (Phi) is 5.04. The maximum atomic E-state index is 11.6. The molecule has 0 unspecified atom stereocenters. The Bertz CT molecular complexity index is 556. The molecule has 0 aliphatic heterocycles. The van der Waals surface area contributed by atoms with Crippen molar-refractivity contribution in [3.05, 3.63) is 32.6 Å². The van der Waals surface area contributed by atoms with Gasteiger partial charge in [0.05, 0.1) is 0 Å². The van der Waals surface area contributed by atoms with Gasteiger partial charge >= 0.3 is 5.69 Å². The number of rotatable bonds is 5. The summed E-state index contributed by atoms with van der Waals surface area (Å²) in [6.07, 6.45) is 0.556. The first-order valence-electron chi connectivity index (χ1n) is 5.75. The van der Waals surface area contributed by atoms with E-state index in [0.29, 0.717) is 19.5 Å². The van der Waals surface area contributed by atoms with Gasteiger partial charge in [0.2, 0.25) is 5.91 Å². The average Bonchev–Trinajstić information content (AvgIpc) is 2.34. The van der Waals surface area contributed by atoms with Crippen LogP contribution in [0.25, 0.3) is 0 Å². The number of hydrogen-bond donors (Lipinski definition) is 3. The Labute approximate surface area is 108 Å². The third kappa shape index (κ3) is 4.41. The Morgan fingerprint density at radius 1 is 1.26 bits per heavy atom. The molecular formula is C11H16N4O4. The van der Waals surface area contributed by atoms with Crippen LogP contribution in [0.4, 0.5) is 0 Å².